The van der Waals surface area contributed by atoms with Gasteiger partial charge in [0, 0.05) is 17.6 Å². The van der Waals surface area contributed by atoms with Gasteiger partial charge in [-0.15, -0.1) is 0 Å². The van der Waals surface area contributed by atoms with E-state index in [0.29, 0.717) is 18.2 Å². The van der Waals surface area contributed by atoms with Crippen LogP contribution in [0, 0.1) is 0 Å². The van der Waals surface area contributed by atoms with Gasteiger partial charge in [0.1, 0.15) is 5.75 Å². The largest absolute Gasteiger partial charge is 0.494 e. The molecule has 0 heterocycles. The smallest absolute Gasteiger partial charge is 0.234 e. The fraction of sp³-hybridized carbons (Fsp3) is 0.316. The molecule has 0 spiro atoms. The Morgan fingerprint density at radius 2 is 2.00 bits per heavy atom. The minimum atomic E-state index is -0.0595. The Hall–Kier alpha value is -2.04. The second kappa shape index (κ2) is 9.30. The van der Waals surface area contributed by atoms with E-state index in [0.717, 1.165) is 16.9 Å². The van der Waals surface area contributed by atoms with Gasteiger partial charge in [0.25, 0.3) is 0 Å². The standard InChI is InChI=1S/C19H23ClN2O2/c1-3-24-16-8-6-7-15(11-16)12-22-19(23)13-21-14(2)17-9-4-5-10-18(17)20/h4-11,14,21H,3,12-13H2,1-2H3,(H,22,23). The summed E-state index contributed by atoms with van der Waals surface area (Å²) in [6.07, 6.45) is 0. The van der Waals surface area contributed by atoms with Crippen LogP contribution in [0.4, 0.5) is 0 Å². The SMILES string of the molecule is CCOc1cccc(CNC(=O)CNC(C)c2ccccc2Cl)c1. The van der Waals surface area contributed by atoms with E-state index in [9.17, 15) is 4.79 Å². The highest BCUT2D eigenvalue weighted by atomic mass is 35.5. The summed E-state index contributed by atoms with van der Waals surface area (Å²) >= 11 is 6.16. The highest BCUT2D eigenvalue weighted by molar-refractivity contribution is 6.31. The molecule has 1 atom stereocenters. The fourth-order valence-electron chi connectivity index (χ4n) is 2.36. The first-order chi connectivity index (χ1) is 11.6. The summed E-state index contributed by atoms with van der Waals surface area (Å²) in [5.74, 6) is 0.755. The molecule has 2 aromatic carbocycles. The maximum absolute atomic E-state index is 12.0. The minimum Gasteiger partial charge on any atom is -0.494 e. The second-order valence-corrected chi connectivity index (χ2v) is 5.89. The molecule has 1 amide bonds. The van der Waals surface area contributed by atoms with Gasteiger partial charge in [0.15, 0.2) is 0 Å². The third kappa shape index (κ3) is 5.55. The third-order valence-electron chi connectivity index (χ3n) is 3.64. The molecule has 0 saturated carbocycles. The monoisotopic (exact) mass is 346 g/mol. The lowest BCUT2D eigenvalue weighted by Gasteiger charge is -2.15. The summed E-state index contributed by atoms with van der Waals surface area (Å²) in [5, 5.41) is 6.79. The van der Waals surface area contributed by atoms with E-state index in [-0.39, 0.29) is 18.5 Å². The zero-order valence-corrected chi connectivity index (χ0v) is 14.8. The molecule has 24 heavy (non-hydrogen) atoms. The maximum atomic E-state index is 12.0. The zero-order chi connectivity index (χ0) is 17.4. The van der Waals surface area contributed by atoms with Crippen molar-refractivity contribution in [1.82, 2.24) is 10.6 Å². The molecule has 128 valence electrons. The van der Waals surface area contributed by atoms with Gasteiger partial charge in [-0.05, 0) is 43.2 Å². The van der Waals surface area contributed by atoms with E-state index in [4.69, 9.17) is 16.3 Å². The predicted molar refractivity (Wildman–Crippen MR) is 97.3 cm³/mol. The fourth-order valence-corrected chi connectivity index (χ4v) is 2.66. The molecule has 2 N–H and O–H groups in total. The summed E-state index contributed by atoms with van der Waals surface area (Å²) in [4.78, 5) is 12.0. The van der Waals surface area contributed by atoms with Crippen molar-refractivity contribution in [2.45, 2.75) is 26.4 Å². The van der Waals surface area contributed by atoms with Crippen LogP contribution in [0.15, 0.2) is 48.5 Å². The van der Waals surface area contributed by atoms with Gasteiger partial charge >= 0.3 is 0 Å². The van der Waals surface area contributed by atoms with Crippen molar-refractivity contribution < 1.29 is 9.53 Å². The number of rotatable bonds is 8. The molecule has 0 radical (unpaired) electrons. The predicted octanol–water partition coefficient (Wildman–Crippen LogP) is 3.71. The number of carbonyl (C=O) groups is 1. The van der Waals surface area contributed by atoms with Crippen LogP contribution < -0.4 is 15.4 Å². The molecule has 0 saturated heterocycles. The van der Waals surface area contributed by atoms with Crippen LogP contribution in [0.3, 0.4) is 0 Å². The van der Waals surface area contributed by atoms with Crippen LogP contribution >= 0.6 is 11.6 Å². The van der Waals surface area contributed by atoms with Gasteiger partial charge in [-0.1, -0.05) is 41.9 Å². The number of hydrogen-bond acceptors (Lipinski definition) is 3. The van der Waals surface area contributed by atoms with Gasteiger partial charge in [-0.2, -0.15) is 0 Å². The summed E-state index contributed by atoms with van der Waals surface area (Å²) in [6.45, 7) is 5.26. The van der Waals surface area contributed by atoms with Crippen molar-refractivity contribution in [1.29, 1.82) is 0 Å². The number of halogens is 1. The van der Waals surface area contributed by atoms with E-state index < -0.39 is 0 Å². The van der Waals surface area contributed by atoms with Gasteiger partial charge < -0.3 is 15.4 Å². The van der Waals surface area contributed by atoms with E-state index in [2.05, 4.69) is 10.6 Å². The van der Waals surface area contributed by atoms with Crippen molar-refractivity contribution in [3.63, 3.8) is 0 Å². The van der Waals surface area contributed by atoms with E-state index >= 15 is 0 Å². The number of benzene rings is 2. The minimum absolute atomic E-state index is 0.00531. The van der Waals surface area contributed by atoms with Gasteiger partial charge in [0.05, 0.1) is 13.2 Å². The first-order valence-corrected chi connectivity index (χ1v) is 8.44. The lowest BCUT2D eigenvalue weighted by atomic mass is 10.1. The highest BCUT2D eigenvalue weighted by Gasteiger charge is 2.10. The van der Waals surface area contributed by atoms with Crippen LogP contribution in [0.1, 0.15) is 31.0 Å². The Morgan fingerprint density at radius 3 is 2.75 bits per heavy atom. The number of carbonyl (C=O) groups excluding carboxylic acids is 1. The molecular formula is C19H23ClN2O2. The van der Waals surface area contributed by atoms with Gasteiger partial charge in [-0.25, -0.2) is 0 Å². The number of amides is 1. The van der Waals surface area contributed by atoms with Crippen LogP contribution in [0.5, 0.6) is 5.75 Å². The van der Waals surface area contributed by atoms with Crippen molar-refractivity contribution in [3.05, 3.63) is 64.7 Å². The maximum Gasteiger partial charge on any atom is 0.234 e. The summed E-state index contributed by atoms with van der Waals surface area (Å²) in [7, 11) is 0. The van der Waals surface area contributed by atoms with Crippen LogP contribution in [-0.4, -0.2) is 19.1 Å². The molecule has 2 rings (SSSR count). The average Bonchev–Trinajstić information content (AvgIpc) is 2.59. The molecule has 0 aliphatic carbocycles. The average molecular weight is 347 g/mol. The summed E-state index contributed by atoms with van der Waals surface area (Å²) in [5.41, 5.74) is 1.99. The van der Waals surface area contributed by atoms with E-state index in [1.54, 1.807) is 0 Å². The summed E-state index contributed by atoms with van der Waals surface area (Å²) in [6, 6.07) is 15.4. The zero-order valence-electron chi connectivity index (χ0n) is 14.0. The summed E-state index contributed by atoms with van der Waals surface area (Å²) < 4.78 is 5.45. The molecular weight excluding hydrogens is 324 g/mol. The van der Waals surface area contributed by atoms with E-state index in [1.807, 2.05) is 62.4 Å². The first kappa shape index (κ1) is 18.3. The quantitative estimate of drug-likeness (QED) is 0.766. The third-order valence-corrected chi connectivity index (χ3v) is 3.98. The van der Waals surface area contributed by atoms with Crippen molar-refractivity contribution >= 4 is 17.5 Å². The topological polar surface area (TPSA) is 50.4 Å². The van der Waals surface area contributed by atoms with Crippen molar-refractivity contribution in [2.75, 3.05) is 13.2 Å². The Kier molecular flexibility index (Phi) is 7.09. The molecule has 0 bridgehead atoms. The van der Waals surface area contributed by atoms with Crippen molar-refractivity contribution in [3.8, 4) is 5.75 Å². The normalized spacial score (nSPS) is 11.8. The molecule has 0 aliphatic rings. The van der Waals surface area contributed by atoms with Crippen LogP contribution in [-0.2, 0) is 11.3 Å². The number of hydrogen-bond donors (Lipinski definition) is 2. The Bertz CT molecular complexity index is 676. The Morgan fingerprint density at radius 1 is 1.21 bits per heavy atom. The molecule has 0 aliphatic heterocycles. The lowest BCUT2D eigenvalue weighted by molar-refractivity contribution is -0.120. The van der Waals surface area contributed by atoms with Crippen LogP contribution in [0.2, 0.25) is 5.02 Å². The molecule has 2 aromatic rings. The van der Waals surface area contributed by atoms with Crippen molar-refractivity contribution in [2.24, 2.45) is 0 Å². The van der Waals surface area contributed by atoms with Gasteiger partial charge in [0.2, 0.25) is 5.91 Å². The Balaban J connectivity index is 1.79. The lowest BCUT2D eigenvalue weighted by Crippen LogP contribution is -2.34. The second-order valence-electron chi connectivity index (χ2n) is 5.48. The molecule has 0 fully saturated rings. The Labute approximate surface area is 148 Å². The van der Waals surface area contributed by atoms with E-state index in [1.165, 1.54) is 0 Å². The molecule has 4 nitrogen and oxygen atoms in total. The van der Waals surface area contributed by atoms with Crippen LogP contribution in [0.25, 0.3) is 0 Å². The number of nitrogens with one attached hydrogen (secondary N) is 2. The molecule has 1 unspecified atom stereocenters. The van der Waals surface area contributed by atoms with Gasteiger partial charge in [-0.3, -0.25) is 4.79 Å². The highest BCUT2D eigenvalue weighted by Crippen LogP contribution is 2.21. The molecule has 0 aromatic heterocycles. The number of ether oxygens (including phenoxy) is 1. The molecule has 5 heteroatoms. The first-order valence-electron chi connectivity index (χ1n) is 8.06.